The van der Waals surface area contributed by atoms with E-state index in [1.165, 1.54) is 7.05 Å². The number of aromatic carboxylic acids is 1. The van der Waals surface area contributed by atoms with Crippen LogP contribution in [0.1, 0.15) is 10.4 Å². The molecule has 0 bridgehead atoms. The number of para-hydroxylation sites is 2. The maximum Gasteiger partial charge on any atom is 0.387 e. The highest BCUT2D eigenvalue weighted by Crippen LogP contribution is 2.40. The number of nitrogens with one attached hydrogen (secondary N) is 1. The van der Waals surface area contributed by atoms with Crippen LogP contribution in [-0.2, 0) is 0 Å². The van der Waals surface area contributed by atoms with Gasteiger partial charge in [0.2, 0.25) is 5.43 Å². The Bertz CT molecular complexity index is 1320. The van der Waals surface area contributed by atoms with Crippen molar-refractivity contribution in [2.75, 3.05) is 55.6 Å². The summed E-state index contributed by atoms with van der Waals surface area (Å²) in [6, 6.07) is 8.28. The maximum absolute atomic E-state index is 15.4. The van der Waals surface area contributed by atoms with Gasteiger partial charge in [0.1, 0.15) is 22.5 Å². The van der Waals surface area contributed by atoms with Gasteiger partial charge in [-0.25, -0.2) is 9.18 Å². The molecule has 0 spiro atoms. The van der Waals surface area contributed by atoms with Gasteiger partial charge in [0.05, 0.1) is 18.2 Å². The minimum atomic E-state index is -3.31. The summed E-state index contributed by atoms with van der Waals surface area (Å²) in [5.74, 6) is -2.38. The molecule has 1 fully saturated rings. The number of carboxylic acid groups (broad SMARTS) is 1. The third kappa shape index (κ3) is 4.38. The molecule has 1 aliphatic heterocycles. The molecule has 1 saturated heterocycles. The minimum Gasteiger partial charge on any atom is -0.495 e. The van der Waals surface area contributed by atoms with Crippen molar-refractivity contribution in [1.29, 1.82) is 0 Å². The van der Waals surface area contributed by atoms with E-state index >= 15 is 4.39 Å². The third-order valence-electron chi connectivity index (χ3n) is 5.87. The molecule has 0 atom stereocenters. The summed E-state index contributed by atoms with van der Waals surface area (Å²) in [5, 5.41) is 8.94. The zero-order valence-corrected chi connectivity index (χ0v) is 18.9. The van der Waals surface area contributed by atoms with Crippen molar-refractivity contribution in [2.24, 2.45) is 0 Å². The summed E-state index contributed by atoms with van der Waals surface area (Å²) < 4.78 is 53.5. The predicted octanol–water partition coefficient (Wildman–Crippen LogP) is 2.95. The van der Waals surface area contributed by atoms with Gasteiger partial charge in [-0.05, 0) is 18.2 Å². The largest absolute Gasteiger partial charge is 0.495 e. The first-order chi connectivity index (χ1) is 16.8. The van der Waals surface area contributed by atoms with E-state index in [-0.39, 0.29) is 24.3 Å². The summed E-state index contributed by atoms with van der Waals surface area (Å²) in [4.78, 5) is 27.8. The smallest absolute Gasteiger partial charge is 0.387 e. The molecule has 3 aromatic rings. The van der Waals surface area contributed by atoms with Gasteiger partial charge in [-0.3, -0.25) is 9.47 Å². The standard InChI is InChI=1S/C23H23F3N4O5/c1-27-30-12-14(22(32)33)20(31)13-11-15(24)19(21(18(13)30)35-23(25)26)29-9-7-28(8-10-29)16-5-3-4-6-17(16)34-2/h3-6,11-12,23,27H,7-10H2,1-2H3,(H,32,33). The van der Waals surface area contributed by atoms with Crippen LogP contribution in [0, 0.1) is 5.82 Å². The number of hydrogen-bond donors (Lipinski definition) is 2. The zero-order chi connectivity index (χ0) is 25.3. The second-order valence-electron chi connectivity index (χ2n) is 7.73. The van der Waals surface area contributed by atoms with Crippen molar-refractivity contribution in [1.82, 2.24) is 4.68 Å². The highest BCUT2D eigenvalue weighted by Gasteiger charge is 2.30. The fourth-order valence-corrected chi connectivity index (χ4v) is 4.30. The first-order valence-corrected chi connectivity index (χ1v) is 10.7. The lowest BCUT2D eigenvalue weighted by atomic mass is 10.1. The predicted molar refractivity (Wildman–Crippen MR) is 124 cm³/mol. The molecule has 9 nitrogen and oxygen atoms in total. The van der Waals surface area contributed by atoms with Crippen molar-refractivity contribution < 1.29 is 32.5 Å². The van der Waals surface area contributed by atoms with Gasteiger partial charge in [-0.2, -0.15) is 8.78 Å². The van der Waals surface area contributed by atoms with Gasteiger partial charge < -0.3 is 29.8 Å². The number of pyridine rings is 1. The number of methoxy groups -OCH3 is 1. The molecule has 2 heterocycles. The Labute approximate surface area is 197 Å². The Balaban J connectivity index is 1.80. The van der Waals surface area contributed by atoms with E-state index in [2.05, 4.69) is 5.43 Å². The molecule has 2 aromatic carbocycles. The number of alkyl halides is 2. The molecular formula is C23H23F3N4O5. The van der Waals surface area contributed by atoms with E-state index in [1.54, 1.807) is 12.0 Å². The highest BCUT2D eigenvalue weighted by molar-refractivity contribution is 5.97. The second kappa shape index (κ2) is 9.65. The van der Waals surface area contributed by atoms with Gasteiger partial charge >= 0.3 is 12.6 Å². The lowest BCUT2D eigenvalue weighted by molar-refractivity contribution is -0.0488. The van der Waals surface area contributed by atoms with Gasteiger partial charge in [-0.15, -0.1) is 0 Å². The monoisotopic (exact) mass is 492 g/mol. The molecule has 1 aliphatic rings. The van der Waals surface area contributed by atoms with Crippen LogP contribution in [0.3, 0.4) is 0 Å². The van der Waals surface area contributed by atoms with Gasteiger partial charge in [0, 0.05) is 39.4 Å². The van der Waals surface area contributed by atoms with Gasteiger partial charge in [0.15, 0.2) is 11.6 Å². The summed E-state index contributed by atoms with van der Waals surface area (Å²) in [6.07, 6.45) is 0.951. The molecule has 0 radical (unpaired) electrons. The number of hydrogen-bond acceptors (Lipinski definition) is 7. The van der Waals surface area contributed by atoms with Crippen LogP contribution in [0.15, 0.2) is 41.3 Å². The Morgan fingerprint density at radius 3 is 2.40 bits per heavy atom. The Morgan fingerprint density at radius 1 is 1.14 bits per heavy atom. The molecule has 2 N–H and O–H groups in total. The van der Waals surface area contributed by atoms with Crippen molar-refractivity contribution in [3.8, 4) is 11.5 Å². The lowest BCUT2D eigenvalue weighted by Crippen LogP contribution is -2.47. The third-order valence-corrected chi connectivity index (χ3v) is 5.87. The number of carboxylic acids is 1. The van der Waals surface area contributed by atoms with E-state index in [0.29, 0.717) is 18.8 Å². The molecule has 0 unspecified atom stereocenters. The number of halogens is 3. The number of anilines is 2. The summed E-state index contributed by atoms with van der Waals surface area (Å²) >= 11 is 0. The van der Waals surface area contributed by atoms with E-state index in [1.807, 2.05) is 29.2 Å². The van der Waals surface area contributed by atoms with Crippen molar-refractivity contribution >= 4 is 28.2 Å². The van der Waals surface area contributed by atoms with Crippen molar-refractivity contribution in [3.05, 3.63) is 58.1 Å². The van der Waals surface area contributed by atoms with Crippen LogP contribution in [0.5, 0.6) is 11.5 Å². The zero-order valence-electron chi connectivity index (χ0n) is 18.9. The number of piperazine rings is 1. The number of benzene rings is 2. The van der Waals surface area contributed by atoms with Crippen LogP contribution in [0.2, 0.25) is 0 Å². The Morgan fingerprint density at radius 2 is 1.80 bits per heavy atom. The fourth-order valence-electron chi connectivity index (χ4n) is 4.30. The molecule has 186 valence electrons. The van der Waals surface area contributed by atoms with Crippen LogP contribution in [0.4, 0.5) is 24.5 Å². The number of carbonyl (C=O) groups is 1. The second-order valence-corrected chi connectivity index (χ2v) is 7.73. The van der Waals surface area contributed by atoms with Crippen LogP contribution in [0.25, 0.3) is 10.9 Å². The average molecular weight is 492 g/mol. The summed E-state index contributed by atoms with van der Waals surface area (Å²) in [7, 11) is 2.96. The molecule has 12 heteroatoms. The fraction of sp³-hybridized carbons (Fsp3) is 0.304. The molecule has 1 aromatic heterocycles. The molecule has 4 rings (SSSR count). The lowest BCUT2D eigenvalue weighted by Gasteiger charge is -2.38. The number of fused-ring (bicyclic) bond motifs is 1. The van der Waals surface area contributed by atoms with Gasteiger partial charge in [0.25, 0.3) is 0 Å². The minimum absolute atomic E-state index is 0.189. The van der Waals surface area contributed by atoms with Crippen molar-refractivity contribution in [2.45, 2.75) is 6.61 Å². The number of aromatic nitrogens is 1. The Hall–Kier alpha value is -4.09. The number of nitrogens with zero attached hydrogens (tertiary/aromatic N) is 3. The molecular weight excluding hydrogens is 469 g/mol. The quantitative estimate of drug-likeness (QED) is 0.520. The average Bonchev–Trinajstić information content (AvgIpc) is 2.84. The van der Waals surface area contributed by atoms with E-state index in [0.717, 1.165) is 22.6 Å². The first-order valence-electron chi connectivity index (χ1n) is 10.7. The molecule has 0 saturated carbocycles. The SMILES string of the molecule is CNn1cc(C(=O)O)c(=O)c2cc(F)c(N3CCN(c4ccccc4OC)CC3)c(OC(F)F)c21. The summed E-state index contributed by atoms with van der Waals surface area (Å²) in [5.41, 5.74) is 1.40. The molecule has 35 heavy (non-hydrogen) atoms. The molecule has 0 aliphatic carbocycles. The first kappa shape index (κ1) is 24.0. The van der Waals surface area contributed by atoms with E-state index in [4.69, 9.17) is 9.47 Å². The van der Waals surface area contributed by atoms with Crippen molar-refractivity contribution in [3.63, 3.8) is 0 Å². The van der Waals surface area contributed by atoms with Crippen LogP contribution in [-0.4, -0.2) is 62.7 Å². The maximum atomic E-state index is 15.4. The normalized spacial score (nSPS) is 13.9. The Kier molecular flexibility index (Phi) is 6.63. The van der Waals surface area contributed by atoms with E-state index in [9.17, 15) is 23.5 Å². The van der Waals surface area contributed by atoms with Crippen LogP contribution >= 0.6 is 0 Å². The van der Waals surface area contributed by atoms with Gasteiger partial charge in [-0.1, -0.05) is 12.1 Å². The van der Waals surface area contributed by atoms with E-state index < -0.39 is 40.5 Å². The number of rotatable bonds is 7. The highest BCUT2D eigenvalue weighted by atomic mass is 19.3. The summed E-state index contributed by atoms with van der Waals surface area (Å²) in [6.45, 7) is -1.92. The topological polar surface area (TPSA) is 96.3 Å². The number of ether oxygens (including phenoxy) is 2. The molecule has 0 amide bonds. The van der Waals surface area contributed by atoms with Crippen LogP contribution < -0.4 is 30.1 Å².